The minimum atomic E-state index is -4.61. The Bertz CT molecular complexity index is 839. The Morgan fingerprint density at radius 1 is 1.08 bits per heavy atom. The summed E-state index contributed by atoms with van der Waals surface area (Å²) in [6, 6.07) is 16.1. The van der Waals surface area contributed by atoms with E-state index in [4.69, 9.17) is 4.74 Å². The fourth-order valence-corrected chi connectivity index (χ4v) is 3.58. The topological polar surface area (TPSA) is 63.7 Å². The molecule has 2 aromatic carbocycles. The van der Waals surface area contributed by atoms with Crippen molar-refractivity contribution in [2.75, 3.05) is 17.2 Å². The molecule has 1 fully saturated rings. The third-order valence-corrected chi connectivity index (χ3v) is 4.64. The van der Waals surface area contributed by atoms with Gasteiger partial charge in [0.15, 0.2) is 5.75 Å². The van der Waals surface area contributed by atoms with Crippen LogP contribution in [-0.2, 0) is 15.0 Å². The van der Waals surface area contributed by atoms with Crippen LogP contribution in [0.5, 0.6) is 11.5 Å². The van der Waals surface area contributed by atoms with Crippen molar-refractivity contribution < 1.29 is 21.8 Å². The summed E-state index contributed by atoms with van der Waals surface area (Å²) in [4.78, 5) is 13.7. The van der Waals surface area contributed by atoms with Crippen LogP contribution in [0.15, 0.2) is 54.6 Å². The van der Waals surface area contributed by atoms with Gasteiger partial charge in [-0.1, -0.05) is 30.3 Å². The second-order valence-electron chi connectivity index (χ2n) is 5.66. The number of hydrogen-bond donors (Lipinski definition) is 0. The zero-order valence-corrected chi connectivity index (χ0v) is 13.6. The normalized spacial score (nSPS) is 18.0. The molecule has 0 saturated carbocycles. The number of amides is 1. The second kappa shape index (κ2) is 6.60. The number of carbonyl (C=O) groups is 1. The predicted octanol–water partition coefficient (Wildman–Crippen LogP) is 3.13. The number of hydrogen-bond acceptors (Lipinski definition) is 4. The molecular formula is C17H16FNO4S. The minimum Gasteiger partial charge on any atom is -0.455 e. The number of ether oxygens (including phenoxy) is 1. The molecule has 24 heavy (non-hydrogen) atoms. The van der Waals surface area contributed by atoms with Gasteiger partial charge in [0.1, 0.15) is 5.75 Å². The molecule has 126 valence electrons. The highest BCUT2D eigenvalue weighted by Gasteiger charge is 2.34. The van der Waals surface area contributed by atoms with E-state index in [1.54, 1.807) is 36.4 Å². The summed E-state index contributed by atoms with van der Waals surface area (Å²) < 4.78 is 40.4. The van der Waals surface area contributed by atoms with Crippen molar-refractivity contribution in [2.45, 2.75) is 6.42 Å². The highest BCUT2D eigenvalue weighted by molar-refractivity contribution is 7.86. The lowest BCUT2D eigenvalue weighted by atomic mass is 10.1. The molecule has 1 unspecified atom stereocenters. The van der Waals surface area contributed by atoms with E-state index in [9.17, 15) is 17.1 Å². The number of rotatable bonds is 5. The first-order valence-corrected chi connectivity index (χ1v) is 9.02. The summed E-state index contributed by atoms with van der Waals surface area (Å²) in [6.45, 7) is 0.150. The standard InChI is InChI=1S/C17H16FNO4S/c18-24(21,22)12-13-10-17(20)19(11-13)15-8-4-5-9-16(15)23-14-6-2-1-3-7-14/h1-9,13H,10-12H2. The zero-order valence-electron chi connectivity index (χ0n) is 12.8. The molecule has 0 aromatic heterocycles. The van der Waals surface area contributed by atoms with E-state index in [-0.39, 0.29) is 18.9 Å². The van der Waals surface area contributed by atoms with Crippen LogP contribution in [0.4, 0.5) is 9.57 Å². The van der Waals surface area contributed by atoms with Gasteiger partial charge in [-0.05, 0) is 24.3 Å². The maximum atomic E-state index is 12.9. The van der Waals surface area contributed by atoms with Crippen LogP contribution < -0.4 is 9.64 Å². The van der Waals surface area contributed by atoms with E-state index in [1.807, 2.05) is 18.2 Å². The van der Waals surface area contributed by atoms with Crippen LogP contribution >= 0.6 is 0 Å². The van der Waals surface area contributed by atoms with Crippen molar-refractivity contribution in [1.82, 2.24) is 0 Å². The van der Waals surface area contributed by atoms with Crippen LogP contribution in [0.3, 0.4) is 0 Å². The van der Waals surface area contributed by atoms with E-state index in [0.29, 0.717) is 17.2 Å². The van der Waals surface area contributed by atoms with Gasteiger partial charge in [-0.25, -0.2) is 0 Å². The van der Waals surface area contributed by atoms with Gasteiger partial charge in [-0.15, -0.1) is 3.89 Å². The SMILES string of the molecule is O=C1CC(CS(=O)(=O)F)CN1c1ccccc1Oc1ccccc1. The van der Waals surface area contributed by atoms with Crippen LogP contribution in [0.1, 0.15) is 6.42 Å². The molecule has 0 bridgehead atoms. The van der Waals surface area contributed by atoms with Crippen molar-refractivity contribution in [3.8, 4) is 11.5 Å². The van der Waals surface area contributed by atoms with Crippen LogP contribution in [-0.4, -0.2) is 26.6 Å². The molecule has 0 spiro atoms. The molecule has 1 amide bonds. The smallest absolute Gasteiger partial charge is 0.302 e. The Morgan fingerprint density at radius 2 is 1.75 bits per heavy atom. The fraction of sp³-hybridized carbons (Fsp3) is 0.235. The van der Waals surface area contributed by atoms with Crippen LogP contribution in [0.2, 0.25) is 0 Å². The number of carbonyl (C=O) groups excluding carboxylic acids is 1. The first-order valence-electron chi connectivity index (χ1n) is 7.47. The number of para-hydroxylation sites is 3. The molecule has 3 rings (SSSR count). The average molecular weight is 349 g/mol. The van der Waals surface area contributed by atoms with E-state index in [0.717, 1.165) is 0 Å². The third kappa shape index (κ3) is 3.91. The van der Waals surface area contributed by atoms with Gasteiger partial charge < -0.3 is 9.64 Å². The molecule has 0 N–H and O–H groups in total. The molecule has 1 aliphatic heterocycles. The maximum absolute atomic E-state index is 12.9. The first kappa shape index (κ1) is 16.4. The summed E-state index contributed by atoms with van der Waals surface area (Å²) in [5, 5.41) is 0. The average Bonchev–Trinajstić information content (AvgIpc) is 2.87. The Kier molecular flexibility index (Phi) is 4.53. The third-order valence-electron chi connectivity index (χ3n) is 3.77. The fourth-order valence-electron chi connectivity index (χ4n) is 2.79. The highest BCUT2D eigenvalue weighted by Crippen LogP contribution is 2.35. The van der Waals surface area contributed by atoms with Gasteiger partial charge in [0, 0.05) is 18.9 Å². The molecule has 1 heterocycles. The van der Waals surface area contributed by atoms with E-state index >= 15 is 0 Å². The summed E-state index contributed by atoms with van der Waals surface area (Å²) in [5.41, 5.74) is 0.546. The number of nitrogens with zero attached hydrogens (tertiary/aromatic N) is 1. The summed E-state index contributed by atoms with van der Waals surface area (Å²) in [5.74, 6) is -0.331. The van der Waals surface area contributed by atoms with Crippen LogP contribution in [0.25, 0.3) is 0 Å². The van der Waals surface area contributed by atoms with Crippen LogP contribution in [0, 0.1) is 5.92 Å². The Labute approximate surface area is 139 Å². The van der Waals surface area contributed by atoms with Gasteiger partial charge in [0.25, 0.3) is 0 Å². The maximum Gasteiger partial charge on any atom is 0.302 e. The monoisotopic (exact) mass is 349 g/mol. The largest absolute Gasteiger partial charge is 0.455 e. The molecule has 1 saturated heterocycles. The first-order chi connectivity index (χ1) is 11.4. The molecule has 1 aliphatic rings. The molecular weight excluding hydrogens is 333 g/mol. The zero-order chi connectivity index (χ0) is 17.2. The Morgan fingerprint density at radius 3 is 2.46 bits per heavy atom. The van der Waals surface area contributed by atoms with E-state index in [2.05, 4.69) is 0 Å². The highest BCUT2D eigenvalue weighted by atomic mass is 32.3. The number of benzene rings is 2. The van der Waals surface area contributed by atoms with E-state index in [1.165, 1.54) is 4.90 Å². The van der Waals surface area contributed by atoms with Gasteiger partial charge in [0.2, 0.25) is 5.91 Å². The lowest BCUT2D eigenvalue weighted by molar-refractivity contribution is -0.117. The van der Waals surface area contributed by atoms with Gasteiger partial charge >= 0.3 is 10.2 Å². The summed E-state index contributed by atoms with van der Waals surface area (Å²) >= 11 is 0. The van der Waals surface area contributed by atoms with Crippen molar-refractivity contribution in [2.24, 2.45) is 5.92 Å². The molecule has 0 aliphatic carbocycles. The van der Waals surface area contributed by atoms with Crippen molar-refractivity contribution in [1.29, 1.82) is 0 Å². The molecule has 5 nitrogen and oxygen atoms in total. The van der Waals surface area contributed by atoms with Crippen molar-refractivity contribution >= 4 is 21.8 Å². The lowest BCUT2D eigenvalue weighted by Crippen LogP contribution is -2.25. The Balaban J connectivity index is 1.83. The molecule has 1 atom stereocenters. The second-order valence-corrected chi connectivity index (χ2v) is 7.07. The number of halogens is 1. The van der Waals surface area contributed by atoms with Crippen molar-refractivity contribution in [3.63, 3.8) is 0 Å². The summed E-state index contributed by atoms with van der Waals surface area (Å²) in [6.07, 6.45) is 0.00280. The van der Waals surface area contributed by atoms with E-state index < -0.39 is 21.9 Å². The lowest BCUT2D eigenvalue weighted by Gasteiger charge is -2.20. The number of anilines is 1. The van der Waals surface area contributed by atoms with Gasteiger partial charge in [-0.2, -0.15) is 8.42 Å². The molecule has 0 radical (unpaired) electrons. The van der Waals surface area contributed by atoms with Gasteiger partial charge in [-0.3, -0.25) is 4.79 Å². The predicted molar refractivity (Wildman–Crippen MR) is 88.3 cm³/mol. The summed E-state index contributed by atoms with van der Waals surface area (Å²) in [7, 11) is -4.61. The van der Waals surface area contributed by atoms with Gasteiger partial charge in [0.05, 0.1) is 11.4 Å². The minimum absolute atomic E-state index is 0.00280. The molecule has 2 aromatic rings. The Hall–Kier alpha value is -2.41. The van der Waals surface area contributed by atoms with Crippen molar-refractivity contribution in [3.05, 3.63) is 54.6 Å². The molecule has 7 heteroatoms. The quantitative estimate of drug-likeness (QED) is 0.778.